The number of carbonyl (C=O) groups is 2. The van der Waals surface area contributed by atoms with Crippen LogP contribution >= 0.6 is 0 Å². The van der Waals surface area contributed by atoms with Gasteiger partial charge in [-0.15, -0.1) is 0 Å². The van der Waals surface area contributed by atoms with Crippen LogP contribution in [0.4, 0.5) is 0 Å². The van der Waals surface area contributed by atoms with Gasteiger partial charge in [0.15, 0.2) is 0 Å². The second kappa shape index (κ2) is 11.4. The second-order valence-corrected chi connectivity index (χ2v) is 5.47. The molecule has 0 saturated carbocycles. The Morgan fingerprint density at radius 1 is 0.727 bits per heavy atom. The topological polar surface area (TPSA) is 105 Å². The highest BCUT2D eigenvalue weighted by molar-refractivity contribution is 5.67. The summed E-state index contributed by atoms with van der Waals surface area (Å²) in [4.78, 5) is 25.7. The van der Waals surface area contributed by atoms with Crippen molar-refractivity contribution in [3.05, 3.63) is 0 Å². The number of aliphatic carboxylic acids is 2. The molecule has 0 aliphatic carbocycles. The number of hydrogen-bond acceptors (Lipinski definition) is 6. The van der Waals surface area contributed by atoms with Crippen LogP contribution in [0.1, 0.15) is 12.8 Å². The van der Waals surface area contributed by atoms with E-state index < -0.39 is 11.9 Å². The summed E-state index contributed by atoms with van der Waals surface area (Å²) in [6.07, 6.45) is 0.271. The molecule has 1 saturated heterocycles. The normalized spacial score (nSPS) is 20.0. The number of nitrogens with one attached hydrogen (secondary N) is 2. The average molecular weight is 316 g/mol. The predicted molar refractivity (Wildman–Crippen MR) is 83.1 cm³/mol. The first-order chi connectivity index (χ1) is 10.6. The zero-order chi connectivity index (χ0) is 16.2. The molecule has 1 aliphatic rings. The second-order valence-electron chi connectivity index (χ2n) is 5.47. The molecule has 1 aliphatic heterocycles. The number of carboxylic acid groups (broad SMARTS) is 2. The molecule has 4 N–H and O–H groups in total. The minimum Gasteiger partial charge on any atom is -0.481 e. The van der Waals surface area contributed by atoms with E-state index in [-0.39, 0.29) is 12.8 Å². The van der Waals surface area contributed by atoms with Crippen LogP contribution in [0.3, 0.4) is 0 Å². The van der Waals surface area contributed by atoms with Gasteiger partial charge in [-0.05, 0) is 0 Å². The molecule has 0 aromatic carbocycles. The zero-order valence-electron chi connectivity index (χ0n) is 13.1. The molecule has 128 valence electrons. The van der Waals surface area contributed by atoms with Crippen LogP contribution in [0.25, 0.3) is 0 Å². The molecule has 22 heavy (non-hydrogen) atoms. The summed E-state index contributed by atoms with van der Waals surface area (Å²) < 4.78 is 0. The van der Waals surface area contributed by atoms with E-state index in [4.69, 9.17) is 10.2 Å². The molecule has 8 nitrogen and oxygen atoms in total. The number of nitrogens with zero attached hydrogens (tertiary/aromatic N) is 2. The van der Waals surface area contributed by atoms with Crippen molar-refractivity contribution in [2.24, 2.45) is 0 Å². The van der Waals surface area contributed by atoms with E-state index in [1.807, 2.05) is 0 Å². The molecule has 0 atom stereocenters. The summed E-state index contributed by atoms with van der Waals surface area (Å²) in [7, 11) is 0. The van der Waals surface area contributed by atoms with Gasteiger partial charge in [0.2, 0.25) is 0 Å². The number of rotatable bonds is 6. The maximum absolute atomic E-state index is 10.7. The Morgan fingerprint density at radius 3 is 1.50 bits per heavy atom. The van der Waals surface area contributed by atoms with Crippen molar-refractivity contribution in [1.29, 1.82) is 0 Å². The smallest absolute Gasteiger partial charge is 0.304 e. The first-order valence-electron chi connectivity index (χ1n) is 7.87. The molecular formula is C14H28N4O4. The minimum absolute atomic E-state index is 0.136. The summed E-state index contributed by atoms with van der Waals surface area (Å²) >= 11 is 0. The maximum Gasteiger partial charge on any atom is 0.304 e. The van der Waals surface area contributed by atoms with Crippen molar-refractivity contribution in [1.82, 2.24) is 20.4 Å². The van der Waals surface area contributed by atoms with Crippen LogP contribution < -0.4 is 10.6 Å². The molecule has 0 unspecified atom stereocenters. The van der Waals surface area contributed by atoms with E-state index in [1.54, 1.807) is 0 Å². The Hall–Kier alpha value is -1.22. The summed E-state index contributed by atoms with van der Waals surface area (Å²) in [5, 5.41) is 24.3. The van der Waals surface area contributed by atoms with E-state index in [2.05, 4.69) is 20.4 Å². The van der Waals surface area contributed by atoms with Crippen molar-refractivity contribution < 1.29 is 19.8 Å². The molecule has 8 heteroatoms. The van der Waals surface area contributed by atoms with Crippen LogP contribution in [-0.4, -0.2) is 97.4 Å². The Balaban J connectivity index is 2.48. The van der Waals surface area contributed by atoms with Crippen LogP contribution in [0.2, 0.25) is 0 Å². The lowest BCUT2D eigenvalue weighted by molar-refractivity contribution is -0.138. The highest BCUT2D eigenvalue weighted by Gasteiger charge is 2.12. The van der Waals surface area contributed by atoms with Gasteiger partial charge < -0.3 is 30.6 Å². The lowest BCUT2D eigenvalue weighted by Crippen LogP contribution is -2.44. The Labute approximate surface area is 131 Å². The molecule has 0 aromatic rings. The van der Waals surface area contributed by atoms with Gasteiger partial charge in [0.05, 0.1) is 12.8 Å². The predicted octanol–water partition coefficient (Wildman–Crippen LogP) is -1.27. The first kappa shape index (κ1) is 18.8. The molecule has 0 aromatic heterocycles. The van der Waals surface area contributed by atoms with Crippen LogP contribution in [0.15, 0.2) is 0 Å². The van der Waals surface area contributed by atoms with Crippen molar-refractivity contribution in [2.45, 2.75) is 12.8 Å². The highest BCUT2D eigenvalue weighted by Crippen LogP contribution is 1.97. The molecular weight excluding hydrogens is 288 g/mol. The molecule has 0 bridgehead atoms. The van der Waals surface area contributed by atoms with Crippen molar-refractivity contribution in [3.63, 3.8) is 0 Å². The fraction of sp³-hybridized carbons (Fsp3) is 0.857. The lowest BCUT2D eigenvalue weighted by Gasteiger charge is -2.28. The third kappa shape index (κ3) is 9.67. The van der Waals surface area contributed by atoms with E-state index in [0.29, 0.717) is 13.1 Å². The first-order valence-corrected chi connectivity index (χ1v) is 7.87. The number of carboxylic acids is 2. The Morgan fingerprint density at radius 2 is 1.14 bits per heavy atom. The molecule has 1 rings (SSSR count). The summed E-state index contributed by atoms with van der Waals surface area (Å²) in [6.45, 7) is 7.60. The van der Waals surface area contributed by atoms with Crippen molar-refractivity contribution in [2.75, 3.05) is 65.4 Å². The standard InChI is InChI=1S/C14H28N4O4/c19-13(20)1-7-17-9-5-15-3-4-16-6-10-18(12-11-17)8-2-14(21)22/h15-16H,1-12H2,(H,19,20)(H,21,22). The van der Waals surface area contributed by atoms with Gasteiger partial charge in [0.1, 0.15) is 0 Å². The molecule has 0 radical (unpaired) electrons. The summed E-state index contributed by atoms with van der Waals surface area (Å²) in [5.74, 6) is -1.57. The summed E-state index contributed by atoms with van der Waals surface area (Å²) in [5.41, 5.74) is 0. The molecule has 1 heterocycles. The highest BCUT2D eigenvalue weighted by atomic mass is 16.4. The zero-order valence-corrected chi connectivity index (χ0v) is 13.1. The van der Waals surface area contributed by atoms with E-state index in [1.165, 1.54) is 0 Å². The quantitative estimate of drug-likeness (QED) is 0.481. The Bertz CT molecular complexity index is 309. The van der Waals surface area contributed by atoms with Gasteiger partial charge in [-0.25, -0.2) is 0 Å². The molecule has 0 spiro atoms. The Kier molecular flexibility index (Phi) is 9.72. The van der Waals surface area contributed by atoms with Gasteiger partial charge in [0, 0.05) is 65.4 Å². The third-order valence-corrected chi connectivity index (χ3v) is 3.70. The lowest BCUT2D eigenvalue weighted by atomic mass is 10.3. The van der Waals surface area contributed by atoms with Gasteiger partial charge in [-0.1, -0.05) is 0 Å². The monoisotopic (exact) mass is 316 g/mol. The number of hydrogen-bond donors (Lipinski definition) is 4. The minimum atomic E-state index is -0.786. The van der Waals surface area contributed by atoms with E-state index in [9.17, 15) is 9.59 Å². The molecule has 1 fully saturated rings. The van der Waals surface area contributed by atoms with Crippen molar-refractivity contribution in [3.8, 4) is 0 Å². The van der Waals surface area contributed by atoms with Crippen LogP contribution in [-0.2, 0) is 9.59 Å². The van der Waals surface area contributed by atoms with Crippen LogP contribution in [0.5, 0.6) is 0 Å². The average Bonchev–Trinajstić information content (AvgIpc) is 2.45. The molecule has 0 amide bonds. The van der Waals surface area contributed by atoms with E-state index in [0.717, 1.165) is 52.4 Å². The van der Waals surface area contributed by atoms with Gasteiger partial charge in [0.25, 0.3) is 0 Å². The van der Waals surface area contributed by atoms with Crippen LogP contribution in [0, 0.1) is 0 Å². The maximum atomic E-state index is 10.7. The van der Waals surface area contributed by atoms with Gasteiger partial charge in [-0.3, -0.25) is 9.59 Å². The fourth-order valence-electron chi connectivity index (χ4n) is 2.36. The SMILES string of the molecule is O=C(O)CCN1CCNCCNCCN(CCC(=O)O)CC1. The van der Waals surface area contributed by atoms with E-state index >= 15 is 0 Å². The summed E-state index contributed by atoms with van der Waals surface area (Å²) in [6, 6.07) is 0. The van der Waals surface area contributed by atoms with Gasteiger partial charge in [-0.2, -0.15) is 0 Å². The fourth-order valence-corrected chi connectivity index (χ4v) is 2.36. The largest absolute Gasteiger partial charge is 0.481 e. The van der Waals surface area contributed by atoms with Crippen molar-refractivity contribution >= 4 is 11.9 Å². The third-order valence-electron chi connectivity index (χ3n) is 3.70. The van der Waals surface area contributed by atoms with Gasteiger partial charge >= 0.3 is 11.9 Å².